The lowest BCUT2D eigenvalue weighted by molar-refractivity contribution is 0.262. The van der Waals surface area contributed by atoms with Gasteiger partial charge in [-0.2, -0.15) is 0 Å². The number of nitrogens with one attached hydrogen (secondary N) is 2. The Morgan fingerprint density at radius 1 is 1.04 bits per heavy atom. The van der Waals surface area contributed by atoms with E-state index in [4.69, 9.17) is 15.2 Å². The summed E-state index contributed by atoms with van der Waals surface area (Å²) in [5.74, 6) is 1.40. The number of rotatable bonds is 4. The van der Waals surface area contributed by atoms with Crippen molar-refractivity contribution in [2.45, 2.75) is 0 Å². The summed E-state index contributed by atoms with van der Waals surface area (Å²) in [6, 6.07) is 9.94. The molecule has 0 radical (unpaired) electrons. The molecule has 0 saturated carbocycles. The van der Waals surface area contributed by atoms with Crippen molar-refractivity contribution in [1.29, 1.82) is 0 Å². The van der Waals surface area contributed by atoms with Gasteiger partial charge >= 0.3 is 6.03 Å². The van der Waals surface area contributed by atoms with Gasteiger partial charge in [0.25, 0.3) is 0 Å². The van der Waals surface area contributed by atoms with Crippen LogP contribution in [0.5, 0.6) is 11.5 Å². The lowest BCUT2D eigenvalue weighted by Gasteiger charge is -2.12. The first-order valence-electron chi connectivity index (χ1n) is 7.41. The van der Waals surface area contributed by atoms with Gasteiger partial charge in [-0.3, -0.25) is 5.32 Å². The zero-order valence-electron chi connectivity index (χ0n) is 13.7. The smallest absolute Gasteiger partial charge is 0.324 e. The number of para-hydroxylation sites is 2. The van der Waals surface area contributed by atoms with Crippen molar-refractivity contribution in [3.05, 3.63) is 42.7 Å². The number of nitrogens with two attached hydrogens (primary N) is 1. The van der Waals surface area contributed by atoms with E-state index in [0.29, 0.717) is 39.6 Å². The van der Waals surface area contributed by atoms with E-state index in [1.165, 1.54) is 13.4 Å². The SMILES string of the molecule is COc1cc2ncnc(NC(=O)Nc3ccccc3N)c2cc1OC. The molecular weight excluding hydrogens is 322 g/mol. The maximum atomic E-state index is 12.3. The molecule has 0 aliphatic rings. The van der Waals surface area contributed by atoms with Crippen LogP contribution in [0, 0.1) is 0 Å². The van der Waals surface area contributed by atoms with E-state index in [-0.39, 0.29) is 0 Å². The van der Waals surface area contributed by atoms with E-state index in [1.54, 1.807) is 43.5 Å². The molecule has 0 unspecified atom stereocenters. The predicted octanol–water partition coefficient (Wildman–Crippen LogP) is 2.87. The second-order valence-electron chi connectivity index (χ2n) is 5.11. The Labute approximate surface area is 144 Å². The maximum Gasteiger partial charge on any atom is 0.324 e. The first kappa shape index (κ1) is 16.3. The van der Waals surface area contributed by atoms with Crippen LogP contribution in [0.1, 0.15) is 0 Å². The number of amides is 2. The van der Waals surface area contributed by atoms with E-state index in [0.717, 1.165) is 0 Å². The highest BCUT2D eigenvalue weighted by Gasteiger charge is 2.13. The van der Waals surface area contributed by atoms with E-state index in [9.17, 15) is 4.79 Å². The highest BCUT2D eigenvalue weighted by molar-refractivity contribution is 6.05. The molecule has 1 aromatic heterocycles. The van der Waals surface area contributed by atoms with Crippen LogP contribution < -0.4 is 25.8 Å². The van der Waals surface area contributed by atoms with Crippen molar-refractivity contribution in [2.75, 3.05) is 30.6 Å². The molecule has 4 N–H and O–H groups in total. The second-order valence-corrected chi connectivity index (χ2v) is 5.11. The number of benzene rings is 2. The van der Waals surface area contributed by atoms with Gasteiger partial charge in [0, 0.05) is 11.5 Å². The zero-order valence-corrected chi connectivity index (χ0v) is 13.7. The van der Waals surface area contributed by atoms with Crippen LogP contribution in [0.25, 0.3) is 10.9 Å². The van der Waals surface area contributed by atoms with E-state index < -0.39 is 6.03 Å². The molecule has 8 heteroatoms. The summed E-state index contributed by atoms with van der Waals surface area (Å²) in [5, 5.41) is 6.00. The maximum absolute atomic E-state index is 12.3. The topological polar surface area (TPSA) is 111 Å². The number of fused-ring (bicyclic) bond motifs is 1. The Hall–Kier alpha value is -3.55. The first-order chi connectivity index (χ1) is 12.1. The van der Waals surface area contributed by atoms with Crippen molar-refractivity contribution < 1.29 is 14.3 Å². The van der Waals surface area contributed by atoms with Crippen molar-refractivity contribution in [2.24, 2.45) is 0 Å². The lowest BCUT2D eigenvalue weighted by atomic mass is 10.2. The third kappa shape index (κ3) is 3.37. The van der Waals surface area contributed by atoms with E-state index in [2.05, 4.69) is 20.6 Å². The normalized spacial score (nSPS) is 10.3. The number of hydrogen-bond acceptors (Lipinski definition) is 6. The summed E-state index contributed by atoms with van der Waals surface area (Å²) in [4.78, 5) is 20.6. The van der Waals surface area contributed by atoms with Gasteiger partial charge in [-0.25, -0.2) is 14.8 Å². The number of ether oxygens (including phenoxy) is 2. The molecule has 3 rings (SSSR count). The summed E-state index contributed by atoms with van der Waals surface area (Å²) in [7, 11) is 3.08. The quantitative estimate of drug-likeness (QED) is 0.630. The van der Waals surface area contributed by atoms with Gasteiger partial charge in [-0.05, 0) is 18.2 Å². The Morgan fingerprint density at radius 3 is 2.48 bits per heavy atom. The Bertz CT molecular complexity index is 929. The van der Waals surface area contributed by atoms with Gasteiger partial charge in [0.15, 0.2) is 11.5 Å². The van der Waals surface area contributed by atoms with Crippen LogP contribution in [-0.4, -0.2) is 30.2 Å². The number of carbonyl (C=O) groups is 1. The molecule has 25 heavy (non-hydrogen) atoms. The lowest BCUT2D eigenvalue weighted by Crippen LogP contribution is -2.21. The fourth-order valence-electron chi connectivity index (χ4n) is 2.35. The Kier molecular flexibility index (Phi) is 4.51. The van der Waals surface area contributed by atoms with Crippen LogP contribution in [-0.2, 0) is 0 Å². The third-order valence-electron chi connectivity index (χ3n) is 3.58. The van der Waals surface area contributed by atoms with Crippen molar-refractivity contribution in [1.82, 2.24) is 9.97 Å². The number of methoxy groups -OCH3 is 2. The largest absolute Gasteiger partial charge is 0.493 e. The number of carbonyl (C=O) groups excluding carboxylic acids is 1. The monoisotopic (exact) mass is 339 g/mol. The summed E-state index contributed by atoms with van der Waals surface area (Å²) in [6.07, 6.45) is 1.36. The molecule has 8 nitrogen and oxygen atoms in total. The summed E-state index contributed by atoms with van der Waals surface area (Å²) in [6.45, 7) is 0. The van der Waals surface area contributed by atoms with Crippen LogP contribution in [0.3, 0.4) is 0 Å². The van der Waals surface area contributed by atoms with Gasteiger partial charge < -0.3 is 20.5 Å². The second kappa shape index (κ2) is 6.91. The van der Waals surface area contributed by atoms with Gasteiger partial charge in [-0.1, -0.05) is 12.1 Å². The van der Waals surface area contributed by atoms with E-state index in [1.807, 2.05) is 0 Å². The molecule has 128 valence electrons. The molecule has 3 aromatic rings. The van der Waals surface area contributed by atoms with Crippen molar-refractivity contribution in [3.8, 4) is 11.5 Å². The van der Waals surface area contributed by atoms with Gasteiger partial charge in [-0.15, -0.1) is 0 Å². The van der Waals surface area contributed by atoms with Crippen LogP contribution >= 0.6 is 0 Å². The number of nitrogen functional groups attached to an aromatic ring is 1. The Balaban J connectivity index is 1.90. The number of hydrogen-bond donors (Lipinski definition) is 3. The molecule has 1 heterocycles. The fraction of sp³-hybridized carbons (Fsp3) is 0.118. The number of aromatic nitrogens is 2. The van der Waals surface area contributed by atoms with Gasteiger partial charge in [0.1, 0.15) is 12.1 Å². The molecule has 0 bridgehead atoms. The van der Waals surface area contributed by atoms with Crippen LogP contribution in [0.4, 0.5) is 22.0 Å². The molecule has 0 aliphatic heterocycles. The third-order valence-corrected chi connectivity index (χ3v) is 3.58. The minimum Gasteiger partial charge on any atom is -0.493 e. The first-order valence-corrected chi connectivity index (χ1v) is 7.41. The van der Waals surface area contributed by atoms with Crippen LogP contribution in [0.15, 0.2) is 42.7 Å². The number of anilines is 3. The Morgan fingerprint density at radius 2 is 1.76 bits per heavy atom. The molecule has 0 atom stereocenters. The zero-order chi connectivity index (χ0) is 17.8. The van der Waals surface area contributed by atoms with Gasteiger partial charge in [0.05, 0.1) is 31.1 Å². The summed E-state index contributed by atoms with van der Waals surface area (Å²) < 4.78 is 10.5. The summed E-state index contributed by atoms with van der Waals surface area (Å²) in [5.41, 5.74) is 7.42. The molecule has 0 saturated heterocycles. The summed E-state index contributed by atoms with van der Waals surface area (Å²) >= 11 is 0. The molecule has 0 fully saturated rings. The molecule has 2 aromatic carbocycles. The minimum absolute atomic E-state index is 0.345. The minimum atomic E-state index is -0.465. The molecule has 0 spiro atoms. The van der Waals surface area contributed by atoms with Crippen LogP contribution in [0.2, 0.25) is 0 Å². The van der Waals surface area contributed by atoms with Crippen molar-refractivity contribution in [3.63, 3.8) is 0 Å². The molecular formula is C17H17N5O3. The number of urea groups is 1. The van der Waals surface area contributed by atoms with E-state index >= 15 is 0 Å². The van der Waals surface area contributed by atoms with Crippen molar-refractivity contribution >= 4 is 34.1 Å². The predicted molar refractivity (Wildman–Crippen MR) is 96.1 cm³/mol. The number of nitrogens with zero attached hydrogens (tertiary/aromatic N) is 2. The molecule has 0 aliphatic carbocycles. The molecule has 2 amide bonds. The van der Waals surface area contributed by atoms with Gasteiger partial charge in [0.2, 0.25) is 0 Å². The standard InChI is InChI=1S/C17H17N5O3/c1-24-14-7-10-13(8-15(14)25-2)19-9-20-16(10)22-17(23)21-12-6-4-3-5-11(12)18/h3-9H,18H2,1-2H3,(H2,19,20,21,22,23). The highest BCUT2D eigenvalue weighted by Crippen LogP contribution is 2.33. The fourth-order valence-corrected chi connectivity index (χ4v) is 2.35. The average molecular weight is 339 g/mol. The average Bonchev–Trinajstić information content (AvgIpc) is 2.62. The highest BCUT2D eigenvalue weighted by atomic mass is 16.5.